The van der Waals surface area contributed by atoms with E-state index in [0.29, 0.717) is 51.6 Å². The van der Waals surface area contributed by atoms with E-state index in [2.05, 4.69) is 12.2 Å². The van der Waals surface area contributed by atoms with E-state index in [1.54, 1.807) is 41.5 Å². The van der Waals surface area contributed by atoms with Crippen LogP contribution in [0.15, 0.2) is 0 Å². The summed E-state index contributed by atoms with van der Waals surface area (Å²) in [5.41, 5.74) is 2.59. The number of nitrogens with zero attached hydrogens (tertiary/aromatic N) is 1. The number of unbranched alkanes of at least 4 members (excludes halogenated alkanes) is 3. The minimum absolute atomic E-state index is 0.168. The highest BCUT2D eigenvalue weighted by Crippen LogP contribution is 2.39. The average molecular weight is 554 g/mol. The summed E-state index contributed by atoms with van der Waals surface area (Å²) >= 11 is 0. The van der Waals surface area contributed by atoms with Crippen molar-refractivity contribution in [1.82, 2.24) is 10.2 Å². The molecule has 0 radical (unpaired) electrons. The molecule has 2 saturated heterocycles. The maximum atomic E-state index is 14.6. The number of hydrogen-bond donors (Lipinski definition) is 2. The Bertz CT molecular complexity index is 864. The Balaban J connectivity index is 2.50. The number of cyclic esters (lactones) is 1. The van der Waals surface area contributed by atoms with Gasteiger partial charge in [-0.1, -0.05) is 19.8 Å². The third-order valence-corrected chi connectivity index (χ3v) is 7.11. The molecular weight excluding hydrogens is 502 g/mol. The first-order chi connectivity index (χ1) is 18.1. The Labute approximate surface area is 234 Å². The van der Waals surface area contributed by atoms with Gasteiger partial charge in [-0.05, 0) is 93.0 Å². The third kappa shape index (κ3) is 9.36. The van der Waals surface area contributed by atoms with Gasteiger partial charge in [-0.15, -0.1) is 0 Å². The van der Waals surface area contributed by atoms with Crippen molar-refractivity contribution in [2.24, 2.45) is 11.7 Å². The van der Waals surface area contributed by atoms with Crippen LogP contribution in [0.1, 0.15) is 113 Å². The molecule has 224 valence electrons. The average Bonchev–Trinajstić information content (AvgIpc) is 3.43. The van der Waals surface area contributed by atoms with E-state index in [-0.39, 0.29) is 12.5 Å². The Hall–Kier alpha value is -2.36. The highest BCUT2D eigenvalue weighted by atomic mass is 16.6. The molecule has 2 aliphatic rings. The van der Waals surface area contributed by atoms with E-state index < -0.39 is 52.6 Å². The van der Waals surface area contributed by atoms with Gasteiger partial charge in [0.1, 0.15) is 28.9 Å². The summed E-state index contributed by atoms with van der Waals surface area (Å²) in [4.78, 5) is 55.7. The number of ether oxygens (including phenoxy) is 3. The monoisotopic (exact) mass is 553 g/mol. The van der Waals surface area contributed by atoms with Crippen LogP contribution in [0.25, 0.3) is 0 Å². The molecule has 0 bridgehead atoms. The van der Waals surface area contributed by atoms with Crippen molar-refractivity contribution in [1.29, 1.82) is 0 Å². The van der Waals surface area contributed by atoms with Crippen molar-refractivity contribution in [3.8, 4) is 0 Å². The fourth-order valence-corrected chi connectivity index (χ4v) is 5.40. The fraction of sp³-hybridized carbons (Fsp3) is 0.862. The molecule has 2 rings (SSSR count). The molecule has 2 amide bonds. The van der Waals surface area contributed by atoms with Crippen molar-refractivity contribution in [3.05, 3.63) is 0 Å². The van der Waals surface area contributed by atoms with Gasteiger partial charge < -0.3 is 30.2 Å². The lowest BCUT2D eigenvalue weighted by atomic mass is 9.76. The zero-order chi connectivity index (χ0) is 29.4. The number of hydrogen-bond acceptors (Lipinski definition) is 8. The van der Waals surface area contributed by atoms with E-state index in [9.17, 15) is 19.2 Å². The summed E-state index contributed by atoms with van der Waals surface area (Å²) in [7, 11) is 0. The molecule has 3 N–H and O–H groups in total. The van der Waals surface area contributed by atoms with Gasteiger partial charge in [0.15, 0.2) is 0 Å². The van der Waals surface area contributed by atoms with Gasteiger partial charge in [0.05, 0.1) is 5.92 Å². The van der Waals surface area contributed by atoms with Crippen LogP contribution in [0, 0.1) is 5.92 Å². The van der Waals surface area contributed by atoms with Gasteiger partial charge in [-0.25, -0.2) is 9.59 Å². The van der Waals surface area contributed by atoms with Crippen LogP contribution < -0.4 is 11.1 Å². The molecule has 10 heteroatoms. The number of nitrogens with two attached hydrogens (primary N) is 1. The molecule has 0 aromatic heterocycles. The number of esters is 2. The van der Waals surface area contributed by atoms with Crippen molar-refractivity contribution in [2.45, 2.75) is 142 Å². The third-order valence-electron chi connectivity index (χ3n) is 7.11. The van der Waals surface area contributed by atoms with E-state index in [0.717, 1.165) is 19.3 Å². The highest BCUT2D eigenvalue weighted by molar-refractivity contribution is 5.98. The summed E-state index contributed by atoms with van der Waals surface area (Å²) in [5.74, 6) is -2.40. The van der Waals surface area contributed by atoms with E-state index in [4.69, 9.17) is 19.9 Å². The van der Waals surface area contributed by atoms with Crippen LogP contribution in [0.4, 0.5) is 4.79 Å². The predicted molar refractivity (Wildman–Crippen MR) is 148 cm³/mol. The second-order valence-corrected chi connectivity index (χ2v) is 12.9. The van der Waals surface area contributed by atoms with Crippen LogP contribution in [-0.4, -0.2) is 70.8 Å². The quantitative estimate of drug-likeness (QED) is 0.208. The molecule has 4 atom stereocenters. The number of likely N-dealkylation sites (tertiary alicyclic amines) is 1. The maximum Gasteiger partial charge on any atom is 0.408 e. The molecule has 2 aliphatic heterocycles. The summed E-state index contributed by atoms with van der Waals surface area (Å²) < 4.78 is 16.9. The molecule has 39 heavy (non-hydrogen) atoms. The first-order valence-corrected chi connectivity index (χ1v) is 14.6. The molecule has 0 aromatic rings. The molecular formula is C29H51N3O7. The van der Waals surface area contributed by atoms with Crippen molar-refractivity contribution >= 4 is 23.9 Å². The Morgan fingerprint density at radius 2 is 1.69 bits per heavy atom. The topological polar surface area (TPSA) is 137 Å². The van der Waals surface area contributed by atoms with Gasteiger partial charge in [0, 0.05) is 13.0 Å². The van der Waals surface area contributed by atoms with Crippen LogP contribution >= 0.6 is 0 Å². The van der Waals surface area contributed by atoms with Crippen molar-refractivity contribution in [2.75, 3.05) is 13.1 Å². The molecule has 2 fully saturated rings. The number of carbonyl (C=O) groups is 4. The summed E-state index contributed by atoms with van der Waals surface area (Å²) in [5, 5.41) is 2.84. The number of amides is 2. The fourth-order valence-electron chi connectivity index (χ4n) is 5.40. The van der Waals surface area contributed by atoms with E-state index in [1.165, 1.54) is 4.90 Å². The maximum absolute atomic E-state index is 14.6. The van der Waals surface area contributed by atoms with Gasteiger partial charge in [0.2, 0.25) is 5.91 Å². The molecule has 0 aliphatic carbocycles. The zero-order valence-corrected chi connectivity index (χ0v) is 25.1. The Kier molecular flexibility index (Phi) is 11.6. The number of carbonyl (C=O) groups excluding carboxylic acids is 4. The van der Waals surface area contributed by atoms with Crippen LogP contribution in [0.3, 0.4) is 0 Å². The standard InChI is InChI=1S/C29H51N3O7/c1-8-9-10-14-20-19-21(23(33)37-20)29(16-11-12-17-30,31-26(36)39-28(5,6)7)25(35)32-18-13-15-22(32)24(34)38-27(2,3)4/h20-22H,8-19,30H2,1-7H3,(H,31,36)/t20?,21?,22-,29+/m0/s1. The Morgan fingerprint density at radius 3 is 2.28 bits per heavy atom. The second-order valence-electron chi connectivity index (χ2n) is 12.9. The lowest BCUT2D eigenvalue weighted by molar-refractivity contribution is -0.165. The van der Waals surface area contributed by atoms with E-state index >= 15 is 0 Å². The summed E-state index contributed by atoms with van der Waals surface area (Å²) in [6.45, 7) is 13.4. The first-order valence-electron chi connectivity index (χ1n) is 14.6. The van der Waals surface area contributed by atoms with Crippen molar-refractivity contribution < 1.29 is 33.4 Å². The van der Waals surface area contributed by atoms with Gasteiger partial charge in [-0.3, -0.25) is 9.59 Å². The summed E-state index contributed by atoms with van der Waals surface area (Å²) in [6, 6.07) is -0.802. The van der Waals surface area contributed by atoms with Crippen LogP contribution in [0.2, 0.25) is 0 Å². The highest BCUT2D eigenvalue weighted by Gasteiger charge is 2.58. The van der Waals surface area contributed by atoms with E-state index in [1.807, 2.05) is 0 Å². The lowest BCUT2D eigenvalue weighted by Gasteiger charge is -2.41. The second kappa shape index (κ2) is 13.8. The molecule has 10 nitrogen and oxygen atoms in total. The Morgan fingerprint density at radius 1 is 1.03 bits per heavy atom. The van der Waals surface area contributed by atoms with Gasteiger partial charge in [-0.2, -0.15) is 0 Å². The van der Waals surface area contributed by atoms with Crippen LogP contribution in [-0.2, 0) is 28.6 Å². The normalized spacial score (nSPS) is 23.2. The number of alkyl carbamates (subject to hydrolysis) is 1. The minimum Gasteiger partial charge on any atom is -0.462 e. The predicted octanol–water partition coefficient (Wildman–Crippen LogP) is 4.22. The molecule has 0 spiro atoms. The number of rotatable bonds is 12. The van der Waals surface area contributed by atoms with Crippen LogP contribution in [0.5, 0.6) is 0 Å². The van der Waals surface area contributed by atoms with Gasteiger partial charge in [0.25, 0.3) is 0 Å². The summed E-state index contributed by atoms with van der Waals surface area (Å²) in [6.07, 6.45) is 5.13. The molecule has 2 unspecified atom stereocenters. The molecule has 0 saturated carbocycles. The largest absolute Gasteiger partial charge is 0.462 e. The molecule has 2 heterocycles. The number of nitrogens with one attached hydrogen (secondary N) is 1. The zero-order valence-electron chi connectivity index (χ0n) is 25.1. The SMILES string of the molecule is CCCCCC1CC([C@@](CCCCN)(NC(=O)OC(C)(C)C)C(=O)N2CCC[C@H]2C(=O)OC(C)(C)C)C(=O)O1. The molecule has 0 aromatic carbocycles. The lowest BCUT2D eigenvalue weighted by Crippen LogP contribution is -2.66. The smallest absolute Gasteiger partial charge is 0.408 e. The first kappa shape index (κ1) is 32.8. The van der Waals surface area contributed by atoms with Crippen molar-refractivity contribution in [3.63, 3.8) is 0 Å². The minimum atomic E-state index is -1.64. The van der Waals surface area contributed by atoms with Gasteiger partial charge >= 0.3 is 18.0 Å².